The fourth-order valence-electron chi connectivity index (χ4n) is 4.26. The van der Waals surface area contributed by atoms with Crippen molar-refractivity contribution in [2.75, 3.05) is 4.90 Å². The zero-order valence-electron chi connectivity index (χ0n) is 20.2. The Balaban J connectivity index is 1.64. The molecule has 0 atom stereocenters. The van der Waals surface area contributed by atoms with Gasteiger partial charge in [-0.15, -0.1) is 4.80 Å². The molecule has 2 aromatic carbocycles. The first kappa shape index (κ1) is 22.7. The smallest absolute Gasteiger partial charge is 0.251 e. The Morgan fingerprint density at radius 2 is 1.40 bits per heavy atom. The normalized spacial score (nSPS) is 11.3. The molecule has 0 aliphatic rings. The molecule has 5 aromatic rings. The maximum Gasteiger partial charge on any atom is 0.251 e. The molecule has 0 N–H and O–H groups in total. The molecule has 0 saturated carbocycles. The van der Waals surface area contributed by atoms with Crippen LogP contribution in [0.5, 0.6) is 0 Å². The highest BCUT2D eigenvalue weighted by molar-refractivity contribution is 5.85. The molecule has 0 saturated heterocycles. The molecular formula is C27H30N8. The molecule has 178 valence electrons. The first-order valence-corrected chi connectivity index (χ1v) is 12.2. The van der Waals surface area contributed by atoms with Crippen molar-refractivity contribution in [1.82, 2.24) is 34.5 Å². The van der Waals surface area contributed by atoms with Crippen LogP contribution in [0.2, 0.25) is 0 Å². The fraction of sp³-hybridized carbons (Fsp3) is 0.296. The van der Waals surface area contributed by atoms with E-state index in [-0.39, 0.29) is 0 Å². The van der Waals surface area contributed by atoms with Gasteiger partial charge in [0.05, 0.1) is 12.4 Å². The Morgan fingerprint density at radius 3 is 2.00 bits per heavy atom. The summed E-state index contributed by atoms with van der Waals surface area (Å²) in [5, 5.41) is 8.59. The first-order valence-electron chi connectivity index (χ1n) is 12.2. The maximum absolute atomic E-state index is 5.09. The predicted octanol–water partition coefficient (Wildman–Crippen LogP) is 4.88. The monoisotopic (exact) mass is 466 g/mol. The van der Waals surface area contributed by atoms with Crippen molar-refractivity contribution in [2.45, 2.75) is 45.7 Å². The van der Waals surface area contributed by atoms with Gasteiger partial charge in [-0.2, -0.15) is 10.2 Å². The molecule has 3 heterocycles. The van der Waals surface area contributed by atoms with Gasteiger partial charge in [0.2, 0.25) is 0 Å². The topological polar surface area (TPSA) is 77.5 Å². The van der Waals surface area contributed by atoms with Gasteiger partial charge in [-0.25, -0.2) is 15.0 Å². The van der Waals surface area contributed by atoms with Gasteiger partial charge in [-0.05, 0) is 17.5 Å². The van der Waals surface area contributed by atoms with Crippen molar-refractivity contribution in [3.8, 4) is 5.95 Å². The van der Waals surface area contributed by atoms with Gasteiger partial charge in [0.25, 0.3) is 5.95 Å². The van der Waals surface area contributed by atoms with Crippen LogP contribution < -0.4 is 4.90 Å². The summed E-state index contributed by atoms with van der Waals surface area (Å²) >= 11 is 0. The average molecular weight is 467 g/mol. The quantitative estimate of drug-likeness (QED) is 0.273. The highest BCUT2D eigenvalue weighted by atomic mass is 15.5. The van der Waals surface area contributed by atoms with Crippen LogP contribution in [-0.4, -0.2) is 34.5 Å². The highest BCUT2D eigenvalue weighted by Gasteiger charge is 2.22. The molecular weight excluding hydrogens is 436 g/mol. The molecule has 8 nitrogen and oxygen atoms in total. The van der Waals surface area contributed by atoms with Crippen molar-refractivity contribution >= 4 is 17.0 Å². The Kier molecular flexibility index (Phi) is 6.79. The number of hydrogen-bond donors (Lipinski definition) is 0. The van der Waals surface area contributed by atoms with E-state index in [2.05, 4.69) is 70.6 Å². The van der Waals surface area contributed by atoms with E-state index in [9.17, 15) is 0 Å². The van der Waals surface area contributed by atoms with E-state index in [0.29, 0.717) is 19.0 Å². The van der Waals surface area contributed by atoms with E-state index >= 15 is 0 Å². The van der Waals surface area contributed by atoms with Crippen LogP contribution in [0.1, 0.15) is 43.1 Å². The number of fused-ring (bicyclic) bond motifs is 1. The molecule has 8 heteroatoms. The summed E-state index contributed by atoms with van der Waals surface area (Å²) in [5.74, 6) is 2.30. The lowest BCUT2D eigenvalue weighted by atomic mass is 10.1. The van der Waals surface area contributed by atoms with Crippen LogP contribution in [0.25, 0.3) is 17.1 Å². The fourth-order valence-corrected chi connectivity index (χ4v) is 4.26. The first-order chi connectivity index (χ1) is 17.2. The molecule has 5 rings (SSSR count). The number of aryl methyl sites for hydroxylation is 2. The number of anilines is 1. The minimum Gasteiger partial charge on any atom is -0.346 e. The van der Waals surface area contributed by atoms with Gasteiger partial charge in [0.15, 0.2) is 17.0 Å². The third kappa shape index (κ3) is 5.06. The molecule has 0 radical (unpaired) electrons. The summed E-state index contributed by atoms with van der Waals surface area (Å²) in [6.45, 7) is 3.63. The third-order valence-electron chi connectivity index (χ3n) is 6.06. The summed E-state index contributed by atoms with van der Waals surface area (Å²) in [5.41, 5.74) is 3.98. The summed E-state index contributed by atoms with van der Waals surface area (Å²) < 4.78 is 1.95. The Bertz CT molecular complexity index is 1320. The van der Waals surface area contributed by atoms with Crippen LogP contribution >= 0.6 is 0 Å². The van der Waals surface area contributed by atoms with E-state index in [1.165, 1.54) is 15.9 Å². The second-order valence-corrected chi connectivity index (χ2v) is 8.71. The molecule has 0 aliphatic carbocycles. The SMILES string of the molecule is CCCCCc1nc(N(Cc2ccccc2)Cc2ccccc2)c2nc(-n3nccn3)n(C)c2n1. The molecule has 35 heavy (non-hydrogen) atoms. The van der Waals surface area contributed by atoms with Gasteiger partial charge in [-0.1, -0.05) is 80.4 Å². The van der Waals surface area contributed by atoms with Crippen molar-refractivity contribution in [3.63, 3.8) is 0 Å². The average Bonchev–Trinajstić information content (AvgIpc) is 3.53. The van der Waals surface area contributed by atoms with Gasteiger partial charge < -0.3 is 4.90 Å². The lowest BCUT2D eigenvalue weighted by Crippen LogP contribution is -2.24. The largest absolute Gasteiger partial charge is 0.346 e. The maximum atomic E-state index is 5.09. The van der Waals surface area contributed by atoms with Crippen LogP contribution in [-0.2, 0) is 26.6 Å². The lowest BCUT2D eigenvalue weighted by Gasteiger charge is -2.25. The molecule has 0 aliphatic heterocycles. The van der Waals surface area contributed by atoms with E-state index < -0.39 is 0 Å². The zero-order valence-corrected chi connectivity index (χ0v) is 20.2. The van der Waals surface area contributed by atoms with Crippen molar-refractivity contribution < 1.29 is 0 Å². The number of nitrogens with zero attached hydrogens (tertiary/aromatic N) is 8. The number of hydrogen-bond acceptors (Lipinski definition) is 6. The number of benzene rings is 2. The van der Waals surface area contributed by atoms with Gasteiger partial charge in [-0.3, -0.25) is 4.57 Å². The Morgan fingerprint density at radius 1 is 0.771 bits per heavy atom. The van der Waals surface area contributed by atoms with Crippen molar-refractivity contribution in [2.24, 2.45) is 7.05 Å². The second kappa shape index (κ2) is 10.5. The van der Waals surface area contributed by atoms with Gasteiger partial charge >= 0.3 is 0 Å². The molecule has 3 aromatic heterocycles. The number of rotatable bonds is 10. The van der Waals surface area contributed by atoms with Crippen LogP contribution in [0.15, 0.2) is 73.1 Å². The number of unbranched alkanes of at least 4 members (excludes halogenated alkanes) is 2. The molecule has 0 bridgehead atoms. The van der Waals surface area contributed by atoms with E-state index in [4.69, 9.17) is 15.0 Å². The van der Waals surface area contributed by atoms with E-state index in [0.717, 1.165) is 48.5 Å². The Hall–Kier alpha value is -4.07. The van der Waals surface area contributed by atoms with Crippen LogP contribution in [0, 0.1) is 0 Å². The van der Waals surface area contributed by atoms with E-state index in [1.807, 2.05) is 23.7 Å². The number of imidazole rings is 1. The summed E-state index contributed by atoms with van der Waals surface area (Å²) in [4.78, 5) is 18.8. The second-order valence-electron chi connectivity index (χ2n) is 8.71. The van der Waals surface area contributed by atoms with Gasteiger partial charge in [0, 0.05) is 26.6 Å². The van der Waals surface area contributed by atoms with Crippen LogP contribution in [0.4, 0.5) is 5.82 Å². The molecule has 0 unspecified atom stereocenters. The van der Waals surface area contributed by atoms with Crippen molar-refractivity contribution in [1.29, 1.82) is 0 Å². The lowest BCUT2D eigenvalue weighted by molar-refractivity contribution is 0.672. The summed E-state index contributed by atoms with van der Waals surface area (Å²) in [6.07, 6.45) is 7.51. The minimum atomic E-state index is 0.616. The minimum absolute atomic E-state index is 0.616. The highest BCUT2D eigenvalue weighted by Crippen LogP contribution is 2.28. The standard InChI is InChI=1S/C27H30N8/c1-3-4-7-16-23-30-25-24(32-27(33(25)2)35-28-17-18-29-35)26(31-23)34(19-21-12-8-5-9-13-21)20-22-14-10-6-11-15-22/h5-6,8-15,17-18H,3-4,7,16,19-20H2,1-2H3. The number of aromatic nitrogens is 7. The summed E-state index contributed by atoms with van der Waals surface area (Å²) in [6, 6.07) is 21.0. The van der Waals surface area contributed by atoms with E-state index in [1.54, 1.807) is 12.4 Å². The molecule has 0 spiro atoms. The predicted molar refractivity (Wildman–Crippen MR) is 137 cm³/mol. The molecule has 0 fully saturated rings. The molecule has 0 amide bonds. The van der Waals surface area contributed by atoms with Crippen LogP contribution in [0.3, 0.4) is 0 Å². The third-order valence-corrected chi connectivity index (χ3v) is 6.06. The van der Waals surface area contributed by atoms with Gasteiger partial charge in [0.1, 0.15) is 5.82 Å². The Labute approximate surface area is 205 Å². The van der Waals surface area contributed by atoms with Crippen molar-refractivity contribution in [3.05, 3.63) is 90.0 Å². The summed E-state index contributed by atoms with van der Waals surface area (Å²) in [7, 11) is 1.96. The zero-order chi connectivity index (χ0) is 24.0.